The molecule has 1 N–H and O–H groups in total. The molecule has 20 heavy (non-hydrogen) atoms. The molecule has 0 saturated carbocycles. The number of hydrogen-bond acceptors (Lipinski definition) is 4. The number of anilines is 1. The van der Waals surface area contributed by atoms with Gasteiger partial charge in [0.1, 0.15) is 11.6 Å². The Bertz CT molecular complexity index is 748. The van der Waals surface area contributed by atoms with Crippen LogP contribution in [0.4, 0.5) is 5.82 Å². The molecule has 3 rings (SSSR count). The van der Waals surface area contributed by atoms with E-state index in [9.17, 15) is 0 Å². The normalized spacial score (nSPS) is 10.9. The molecule has 2 aromatic heterocycles. The zero-order chi connectivity index (χ0) is 14.1. The Morgan fingerprint density at radius 3 is 2.65 bits per heavy atom. The van der Waals surface area contributed by atoms with Crippen LogP contribution in [0.2, 0.25) is 5.02 Å². The summed E-state index contributed by atoms with van der Waals surface area (Å²) in [5, 5.41) is 9.26. The lowest BCUT2D eigenvalue weighted by atomic mass is 10.3. The largest absolute Gasteiger partial charge is 0.370 e. The second-order valence-electron chi connectivity index (χ2n) is 4.42. The second kappa shape index (κ2) is 5.09. The van der Waals surface area contributed by atoms with Crippen molar-refractivity contribution in [1.82, 2.24) is 19.7 Å². The molecule has 0 radical (unpaired) electrons. The third kappa shape index (κ3) is 2.20. The molecule has 0 aliphatic heterocycles. The molecule has 5 nitrogen and oxygen atoms in total. The van der Waals surface area contributed by atoms with E-state index < -0.39 is 0 Å². The van der Waals surface area contributed by atoms with Crippen molar-refractivity contribution in [3.05, 3.63) is 41.3 Å². The maximum atomic E-state index is 5.92. The minimum atomic E-state index is 0.698. The molecule has 0 fully saturated rings. The van der Waals surface area contributed by atoms with Gasteiger partial charge in [0.15, 0.2) is 5.65 Å². The maximum absolute atomic E-state index is 5.92. The van der Waals surface area contributed by atoms with Crippen LogP contribution in [-0.2, 0) is 0 Å². The Morgan fingerprint density at radius 2 is 1.95 bits per heavy atom. The molecule has 0 amide bonds. The summed E-state index contributed by atoms with van der Waals surface area (Å²) in [6.07, 6.45) is 1.78. The standard InChI is InChI=1S/C14H14ClN5/c1-3-16-13-12-8-17-20(14(12)19-9(2)18-13)11-6-4-10(15)5-7-11/h4-8H,3H2,1-2H3,(H,16,18,19). The van der Waals surface area contributed by atoms with Crippen molar-refractivity contribution in [2.45, 2.75) is 13.8 Å². The highest BCUT2D eigenvalue weighted by Gasteiger charge is 2.12. The molecule has 6 heteroatoms. The smallest absolute Gasteiger partial charge is 0.168 e. The van der Waals surface area contributed by atoms with Gasteiger partial charge in [-0.15, -0.1) is 0 Å². The Hall–Kier alpha value is -2.14. The Morgan fingerprint density at radius 1 is 1.20 bits per heavy atom. The summed E-state index contributed by atoms with van der Waals surface area (Å²) in [4.78, 5) is 8.91. The van der Waals surface area contributed by atoms with Crippen LogP contribution in [0.5, 0.6) is 0 Å². The van der Waals surface area contributed by atoms with Gasteiger partial charge in [0.25, 0.3) is 0 Å². The first-order valence-electron chi connectivity index (χ1n) is 6.41. The first kappa shape index (κ1) is 12.9. The van der Waals surface area contributed by atoms with Crippen LogP contribution in [0.15, 0.2) is 30.5 Å². The average molecular weight is 288 g/mol. The van der Waals surface area contributed by atoms with Gasteiger partial charge in [-0.25, -0.2) is 14.6 Å². The van der Waals surface area contributed by atoms with Gasteiger partial charge in [0.05, 0.1) is 17.3 Å². The lowest BCUT2D eigenvalue weighted by Crippen LogP contribution is -2.04. The molecular formula is C14H14ClN5. The summed E-state index contributed by atoms with van der Waals surface area (Å²) < 4.78 is 1.79. The Balaban J connectivity index is 2.20. The minimum absolute atomic E-state index is 0.698. The van der Waals surface area contributed by atoms with Gasteiger partial charge in [-0.1, -0.05) is 11.6 Å². The van der Waals surface area contributed by atoms with E-state index >= 15 is 0 Å². The fourth-order valence-corrected chi connectivity index (χ4v) is 2.22. The number of aryl methyl sites for hydroxylation is 1. The summed E-state index contributed by atoms with van der Waals surface area (Å²) >= 11 is 5.92. The summed E-state index contributed by atoms with van der Waals surface area (Å²) in [6.45, 7) is 4.71. The molecular weight excluding hydrogens is 274 g/mol. The molecule has 102 valence electrons. The molecule has 0 aliphatic rings. The van der Waals surface area contributed by atoms with Gasteiger partial charge >= 0.3 is 0 Å². The zero-order valence-corrected chi connectivity index (χ0v) is 12.0. The number of benzene rings is 1. The van der Waals surface area contributed by atoms with E-state index in [0.29, 0.717) is 10.8 Å². The van der Waals surface area contributed by atoms with Crippen LogP contribution in [-0.4, -0.2) is 26.3 Å². The Labute approximate surface area is 121 Å². The van der Waals surface area contributed by atoms with Crippen LogP contribution in [0.3, 0.4) is 0 Å². The monoisotopic (exact) mass is 287 g/mol. The van der Waals surface area contributed by atoms with E-state index in [1.807, 2.05) is 38.1 Å². The van der Waals surface area contributed by atoms with Crippen molar-refractivity contribution in [3.8, 4) is 5.69 Å². The fraction of sp³-hybridized carbons (Fsp3) is 0.214. The molecule has 2 heterocycles. The van der Waals surface area contributed by atoms with Crippen molar-refractivity contribution in [2.24, 2.45) is 0 Å². The average Bonchev–Trinajstić information content (AvgIpc) is 2.84. The highest BCUT2D eigenvalue weighted by Crippen LogP contribution is 2.23. The summed E-state index contributed by atoms with van der Waals surface area (Å²) in [6, 6.07) is 7.51. The summed E-state index contributed by atoms with van der Waals surface area (Å²) in [7, 11) is 0. The van der Waals surface area contributed by atoms with Crippen LogP contribution in [0.1, 0.15) is 12.7 Å². The number of halogens is 1. The van der Waals surface area contributed by atoms with Gasteiger partial charge < -0.3 is 5.32 Å². The summed E-state index contributed by atoms with van der Waals surface area (Å²) in [5.41, 5.74) is 1.71. The Kier molecular flexibility index (Phi) is 3.28. The molecule has 3 aromatic rings. The van der Waals surface area contributed by atoms with Crippen molar-refractivity contribution in [3.63, 3.8) is 0 Å². The molecule has 0 aliphatic carbocycles. The molecule has 1 aromatic carbocycles. The third-order valence-corrected chi connectivity index (χ3v) is 3.21. The number of rotatable bonds is 3. The highest BCUT2D eigenvalue weighted by molar-refractivity contribution is 6.30. The summed E-state index contributed by atoms with van der Waals surface area (Å²) in [5.74, 6) is 1.53. The fourth-order valence-electron chi connectivity index (χ4n) is 2.09. The molecule has 0 unspecified atom stereocenters. The number of hydrogen-bond donors (Lipinski definition) is 1. The number of aromatic nitrogens is 4. The van der Waals surface area contributed by atoms with E-state index in [2.05, 4.69) is 20.4 Å². The molecule has 0 atom stereocenters. The number of nitrogens with one attached hydrogen (secondary N) is 1. The minimum Gasteiger partial charge on any atom is -0.370 e. The highest BCUT2D eigenvalue weighted by atomic mass is 35.5. The van der Waals surface area contributed by atoms with Gasteiger partial charge in [-0.3, -0.25) is 0 Å². The quantitative estimate of drug-likeness (QED) is 0.804. The van der Waals surface area contributed by atoms with Gasteiger partial charge in [0, 0.05) is 11.6 Å². The van der Waals surface area contributed by atoms with Crippen molar-refractivity contribution in [2.75, 3.05) is 11.9 Å². The topological polar surface area (TPSA) is 55.6 Å². The third-order valence-electron chi connectivity index (χ3n) is 2.96. The number of nitrogens with zero attached hydrogens (tertiary/aromatic N) is 4. The van der Waals surface area contributed by atoms with E-state index in [-0.39, 0.29) is 0 Å². The van der Waals surface area contributed by atoms with Crippen LogP contribution < -0.4 is 5.32 Å². The van der Waals surface area contributed by atoms with Crippen LogP contribution in [0, 0.1) is 6.92 Å². The molecule has 0 saturated heterocycles. The molecule has 0 spiro atoms. The van der Waals surface area contributed by atoms with Crippen LogP contribution >= 0.6 is 11.6 Å². The predicted molar refractivity (Wildman–Crippen MR) is 80.6 cm³/mol. The van der Waals surface area contributed by atoms with E-state index in [0.717, 1.165) is 29.1 Å². The van der Waals surface area contributed by atoms with Gasteiger partial charge in [-0.2, -0.15) is 5.10 Å². The molecule has 0 bridgehead atoms. The lowest BCUT2D eigenvalue weighted by Gasteiger charge is -2.06. The first-order valence-corrected chi connectivity index (χ1v) is 6.79. The lowest BCUT2D eigenvalue weighted by molar-refractivity contribution is 0.889. The van der Waals surface area contributed by atoms with E-state index in [1.54, 1.807) is 10.9 Å². The SMILES string of the molecule is CCNc1nc(C)nc2c1cnn2-c1ccc(Cl)cc1. The maximum Gasteiger partial charge on any atom is 0.168 e. The second-order valence-corrected chi connectivity index (χ2v) is 4.86. The first-order chi connectivity index (χ1) is 9.69. The van der Waals surface area contributed by atoms with Gasteiger partial charge in [-0.05, 0) is 38.1 Å². The zero-order valence-electron chi connectivity index (χ0n) is 11.3. The van der Waals surface area contributed by atoms with Gasteiger partial charge in [0.2, 0.25) is 0 Å². The van der Waals surface area contributed by atoms with Crippen molar-refractivity contribution >= 4 is 28.5 Å². The van der Waals surface area contributed by atoms with E-state index in [4.69, 9.17) is 11.6 Å². The van der Waals surface area contributed by atoms with Crippen molar-refractivity contribution in [1.29, 1.82) is 0 Å². The van der Waals surface area contributed by atoms with Crippen molar-refractivity contribution < 1.29 is 0 Å². The number of fused-ring (bicyclic) bond motifs is 1. The van der Waals surface area contributed by atoms with Crippen LogP contribution in [0.25, 0.3) is 16.7 Å². The predicted octanol–water partition coefficient (Wildman–Crippen LogP) is 3.21. The van der Waals surface area contributed by atoms with E-state index in [1.165, 1.54) is 0 Å².